The molecular formula is C20H27NO2. The Morgan fingerprint density at radius 3 is 2.83 bits per heavy atom. The van der Waals surface area contributed by atoms with Gasteiger partial charge in [-0.25, -0.2) is 4.79 Å². The summed E-state index contributed by atoms with van der Waals surface area (Å²) in [5.74, 6) is 0.604. The van der Waals surface area contributed by atoms with Crippen molar-refractivity contribution in [2.75, 3.05) is 6.54 Å². The first-order valence-corrected chi connectivity index (χ1v) is 8.85. The molecule has 2 fully saturated rings. The first kappa shape index (κ1) is 16.1. The van der Waals surface area contributed by atoms with Crippen LogP contribution in [0, 0.1) is 5.92 Å². The lowest BCUT2D eigenvalue weighted by Gasteiger charge is -2.53. The zero-order chi connectivity index (χ0) is 16.1. The summed E-state index contributed by atoms with van der Waals surface area (Å²) >= 11 is 0. The second-order valence-corrected chi connectivity index (χ2v) is 6.87. The number of fused-ring (bicyclic) bond motifs is 1. The molecule has 1 saturated heterocycles. The van der Waals surface area contributed by atoms with Crippen molar-refractivity contribution < 1.29 is 9.53 Å². The molecule has 2 aliphatic rings. The zero-order valence-electron chi connectivity index (χ0n) is 13.9. The number of carbonyl (C=O) groups excluding carboxylic acids is 1. The van der Waals surface area contributed by atoms with Crippen LogP contribution in [0.25, 0.3) is 0 Å². The Morgan fingerprint density at radius 1 is 1.26 bits per heavy atom. The minimum atomic E-state index is -0.151. The minimum Gasteiger partial charge on any atom is -0.445 e. The van der Waals surface area contributed by atoms with Gasteiger partial charge in [0.2, 0.25) is 0 Å². The molecule has 1 aliphatic carbocycles. The number of amides is 1. The van der Waals surface area contributed by atoms with Gasteiger partial charge in [0.15, 0.2) is 0 Å². The van der Waals surface area contributed by atoms with Crippen molar-refractivity contribution in [3.63, 3.8) is 0 Å². The number of piperidine rings is 1. The largest absolute Gasteiger partial charge is 0.445 e. The predicted octanol–water partition coefficient (Wildman–Crippen LogP) is 4.92. The maximum Gasteiger partial charge on any atom is 0.410 e. The molecule has 0 unspecified atom stereocenters. The van der Waals surface area contributed by atoms with Crippen LogP contribution in [-0.2, 0) is 11.3 Å². The molecule has 3 rings (SSSR count). The van der Waals surface area contributed by atoms with Crippen molar-refractivity contribution in [2.24, 2.45) is 5.92 Å². The van der Waals surface area contributed by atoms with E-state index in [-0.39, 0.29) is 11.6 Å². The second kappa shape index (κ2) is 7.20. The Hall–Kier alpha value is -1.77. The first-order valence-electron chi connectivity index (χ1n) is 8.85. The predicted molar refractivity (Wildman–Crippen MR) is 92.1 cm³/mol. The van der Waals surface area contributed by atoms with Gasteiger partial charge >= 0.3 is 6.09 Å². The standard InChI is InChI=1S/C20H27NO2/c1-2-13-20-14-7-6-11-18(20)12-8-15-21(20)19(22)23-16-17-9-4-3-5-10-17/h2-5,9-10,18H,1,6-8,11-16H2/t18-,20-/m1/s1. The zero-order valence-corrected chi connectivity index (χ0v) is 13.9. The number of nitrogens with zero attached hydrogens (tertiary/aromatic N) is 1. The topological polar surface area (TPSA) is 29.5 Å². The van der Waals surface area contributed by atoms with Gasteiger partial charge < -0.3 is 9.64 Å². The Labute approximate surface area is 139 Å². The third-order valence-electron chi connectivity index (χ3n) is 5.57. The highest BCUT2D eigenvalue weighted by Gasteiger charge is 2.48. The van der Waals surface area contributed by atoms with Gasteiger partial charge in [0.1, 0.15) is 6.61 Å². The number of rotatable bonds is 4. The molecule has 124 valence electrons. The summed E-state index contributed by atoms with van der Waals surface area (Å²) in [4.78, 5) is 14.8. The maximum absolute atomic E-state index is 12.8. The number of hydrogen-bond acceptors (Lipinski definition) is 2. The van der Waals surface area contributed by atoms with Gasteiger partial charge in [-0.1, -0.05) is 49.2 Å². The molecule has 1 heterocycles. The third kappa shape index (κ3) is 3.29. The van der Waals surface area contributed by atoms with Crippen molar-refractivity contribution in [3.05, 3.63) is 48.6 Å². The van der Waals surface area contributed by atoms with E-state index in [4.69, 9.17) is 4.74 Å². The molecule has 1 amide bonds. The van der Waals surface area contributed by atoms with Gasteiger partial charge in [0.05, 0.1) is 5.54 Å². The summed E-state index contributed by atoms with van der Waals surface area (Å²) in [6.45, 7) is 5.12. The maximum atomic E-state index is 12.8. The summed E-state index contributed by atoms with van der Waals surface area (Å²) in [5.41, 5.74) is 0.988. The molecule has 23 heavy (non-hydrogen) atoms. The highest BCUT2D eigenvalue weighted by atomic mass is 16.6. The van der Waals surface area contributed by atoms with Crippen molar-refractivity contribution in [2.45, 2.75) is 57.1 Å². The average Bonchev–Trinajstić information content (AvgIpc) is 2.60. The summed E-state index contributed by atoms with van der Waals surface area (Å²) < 4.78 is 5.64. The molecule has 0 N–H and O–H groups in total. The fourth-order valence-electron chi connectivity index (χ4n) is 4.48. The summed E-state index contributed by atoms with van der Waals surface area (Å²) in [5, 5.41) is 0. The normalized spacial score (nSPS) is 27.1. The number of carbonyl (C=O) groups is 1. The lowest BCUT2D eigenvalue weighted by Crippen LogP contribution is -2.60. The Balaban J connectivity index is 1.72. The molecule has 0 radical (unpaired) electrons. The molecule has 0 bridgehead atoms. The van der Waals surface area contributed by atoms with Crippen LogP contribution in [-0.4, -0.2) is 23.1 Å². The molecule has 1 saturated carbocycles. The van der Waals surface area contributed by atoms with E-state index in [9.17, 15) is 4.79 Å². The molecule has 3 nitrogen and oxygen atoms in total. The van der Waals surface area contributed by atoms with Crippen LogP contribution in [0.2, 0.25) is 0 Å². The van der Waals surface area contributed by atoms with E-state index < -0.39 is 0 Å². The van der Waals surface area contributed by atoms with Gasteiger partial charge in [-0.2, -0.15) is 0 Å². The minimum absolute atomic E-state index is 0.0496. The van der Waals surface area contributed by atoms with Crippen molar-refractivity contribution in [1.29, 1.82) is 0 Å². The van der Waals surface area contributed by atoms with Gasteiger partial charge in [0, 0.05) is 6.54 Å². The van der Waals surface area contributed by atoms with E-state index in [1.807, 2.05) is 41.3 Å². The van der Waals surface area contributed by atoms with Gasteiger partial charge in [0.25, 0.3) is 0 Å². The van der Waals surface area contributed by atoms with Crippen molar-refractivity contribution >= 4 is 6.09 Å². The van der Waals surface area contributed by atoms with Crippen LogP contribution < -0.4 is 0 Å². The quantitative estimate of drug-likeness (QED) is 0.738. The molecule has 3 heteroatoms. The molecule has 1 aromatic carbocycles. The van der Waals surface area contributed by atoms with E-state index in [1.165, 1.54) is 25.7 Å². The third-order valence-corrected chi connectivity index (χ3v) is 5.57. The number of hydrogen-bond donors (Lipinski definition) is 0. The summed E-state index contributed by atoms with van der Waals surface area (Å²) in [7, 11) is 0. The van der Waals surface area contributed by atoms with Crippen molar-refractivity contribution in [1.82, 2.24) is 4.90 Å². The lowest BCUT2D eigenvalue weighted by molar-refractivity contribution is -0.0311. The number of ether oxygens (including phenoxy) is 1. The molecule has 0 spiro atoms. The smallest absolute Gasteiger partial charge is 0.410 e. The Morgan fingerprint density at radius 2 is 2.04 bits per heavy atom. The fourth-order valence-corrected chi connectivity index (χ4v) is 4.48. The summed E-state index contributed by atoms with van der Waals surface area (Å²) in [6.07, 6.45) is 9.85. The van der Waals surface area contributed by atoms with Crippen LogP contribution in [0.3, 0.4) is 0 Å². The van der Waals surface area contributed by atoms with E-state index in [2.05, 4.69) is 6.58 Å². The Bertz CT molecular complexity index is 540. The van der Waals surface area contributed by atoms with Gasteiger partial charge in [-0.15, -0.1) is 6.58 Å². The van der Waals surface area contributed by atoms with E-state index in [1.54, 1.807) is 0 Å². The van der Waals surface area contributed by atoms with E-state index in [0.717, 1.165) is 31.4 Å². The molecule has 0 aromatic heterocycles. The van der Waals surface area contributed by atoms with Crippen LogP contribution in [0.4, 0.5) is 4.79 Å². The highest BCUT2D eigenvalue weighted by molar-refractivity contribution is 5.69. The van der Waals surface area contributed by atoms with Crippen LogP contribution >= 0.6 is 0 Å². The van der Waals surface area contributed by atoms with Crippen LogP contribution in [0.1, 0.15) is 50.5 Å². The second-order valence-electron chi connectivity index (χ2n) is 6.87. The lowest BCUT2D eigenvalue weighted by atomic mass is 9.66. The molecule has 2 atom stereocenters. The number of benzene rings is 1. The van der Waals surface area contributed by atoms with E-state index >= 15 is 0 Å². The van der Waals surface area contributed by atoms with Gasteiger partial charge in [-0.3, -0.25) is 0 Å². The fraction of sp³-hybridized carbons (Fsp3) is 0.550. The summed E-state index contributed by atoms with van der Waals surface area (Å²) in [6, 6.07) is 9.90. The molecule has 1 aromatic rings. The van der Waals surface area contributed by atoms with E-state index in [0.29, 0.717) is 12.5 Å². The number of likely N-dealkylation sites (tertiary alicyclic amines) is 1. The molecule has 1 aliphatic heterocycles. The van der Waals surface area contributed by atoms with Gasteiger partial charge in [-0.05, 0) is 43.6 Å². The SMILES string of the molecule is C=CC[C@@]12CCCC[C@@H]1CCCN2C(=O)OCc1ccccc1. The monoisotopic (exact) mass is 313 g/mol. The Kier molecular flexibility index (Phi) is 5.04. The highest BCUT2D eigenvalue weighted by Crippen LogP contribution is 2.46. The molecular weight excluding hydrogens is 286 g/mol. The average molecular weight is 313 g/mol. The first-order chi connectivity index (χ1) is 11.3. The van der Waals surface area contributed by atoms with Crippen LogP contribution in [0.15, 0.2) is 43.0 Å². The van der Waals surface area contributed by atoms with Crippen molar-refractivity contribution in [3.8, 4) is 0 Å². The van der Waals surface area contributed by atoms with Crippen LogP contribution in [0.5, 0.6) is 0 Å².